The van der Waals surface area contributed by atoms with Gasteiger partial charge in [0.1, 0.15) is 17.7 Å². The fraction of sp³-hybridized carbons (Fsp3) is 0.409. The van der Waals surface area contributed by atoms with E-state index >= 15 is 0 Å². The van der Waals surface area contributed by atoms with E-state index in [-0.39, 0.29) is 17.5 Å². The van der Waals surface area contributed by atoms with Crippen LogP contribution in [0.1, 0.15) is 19.8 Å². The molecule has 3 heterocycles. The molecule has 9 heteroatoms. The van der Waals surface area contributed by atoms with Crippen molar-refractivity contribution in [2.45, 2.75) is 36.7 Å². The zero-order valence-corrected chi connectivity index (χ0v) is 18.3. The Bertz CT molecular complexity index is 1160. The molecule has 1 aromatic carbocycles. The van der Waals surface area contributed by atoms with Crippen molar-refractivity contribution in [3.63, 3.8) is 0 Å². The molecule has 166 valence electrons. The molecule has 0 amide bonds. The highest BCUT2D eigenvalue weighted by Crippen LogP contribution is 2.25. The molecule has 0 spiro atoms. The molecule has 0 aliphatic carbocycles. The second-order valence-corrected chi connectivity index (χ2v) is 10.2. The number of nitrogens with zero attached hydrogens (tertiary/aromatic N) is 3. The van der Waals surface area contributed by atoms with Crippen molar-refractivity contribution in [3.8, 4) is 11.6 Å². The van der Waals surface area contributed by atoms with Gasteiger partial charge in [-0.15, -0.1) is 0 Å². The van der Waals surface area contributed by atoms with Gasteiger partial charge in [0, 0.05) is 37.9 Å². The summed E-state index contributed by atoms with van der Waals surface area (Å²) < 4.78 is 57.7. The zero-order valence-electron chi connectivity index (χ0n) is 17.5. The van der Waals surface area contributed by atoms with Gasteiger partial charge in [-0.25, -0.2) is 22.2 Å². The lowest BCUT2D eigenvalue weighted by Crippen LogP contribution is -2.43. The number of alkyl halides is 2. The van der Waals surface area contributed by atoms with Crippen LogP contribution in [0.15, 0.2) is 53.7 Å². The SMILES string of the molecule is CC(F)(F)CN1CCC(Oc2ccc(-n3ccc4cc(S(C)(=O)=O)ccc43)nc2)CC1. The third kappa shape index (κ3) is 5.22. The van der Waals surface area contributed by atoms with Crippen LogP contribution in [-0.4, -0.2) is 60.8 Å². The predicted molar refractivity (Wildman–Crippen MR) is 115 cm³/mol. The van der Waals surface area contributed by atoms with Gasteiger partial charge in [-0.1, -0.05) is 0 Å². The molecule has 1 saturated heterocycles. The number of hydrogen-bond donors (Lipinski definition) is 0. The van der Waals surface area contributed by atoms with Crippen LogP contribution >= 0.6 is 0 Å². The van der Waals surface area contributed by atoms with Crippen LogP contribution in [0.4, 0.5) is 8.78 Å². The van der Waals surface area contributed by atoms with Gasteiger partial charge in [-0.05, 0) is 49.2 Å². The monoisotopic (exact) mass is 449 g/mol. The second kappa shape index (κ2) is 8.20. The molecule has 6 nitrogen and oxygen atoms in total. The largest absolute Gasteiger partial charge is 0.489 e. The maximum atomic E-state index is 13.2. The van der Waals surface area contributed by atoms with E-state index in [1.54, 1.807) is 29.3 Å². The number of hydrogen-bond acceptors (Lipinski definition) is 5. The molecule has 1 fully saturated rings. The maximum absolute atomic E-state index is 13.2. The van der Waals surface area contributed by atoms with Gasteiger partial charge in [-0.3, -0.25) is 4.90 Å². The van der Waals surface area contributed by atoms with E-state index in [0.29, 0.717) is 37.5 Å². The van der Waals surface area contributed by atoms with Crippen molar-refractivity contribution >= 4 is 20.7 Å². The Hall–Kier alpha value is -2.52. The molecule has 1 aliphatic rings. The number of ether oxygens (including phenoxy) is 1. The first-order chi connectivity index (χ1) is 14.6. The smallest absolute Gasteiger partial charge is 0.257 e. The first-order valence-corrected chi connectivity index (χ1v) is 12.0. The van der Waals surface area contributed by atoms with Crippen molar-refractivity contribution in [1.29, 1.82) is 0 Å². The topological polar surface area (TPSA) is 64.4 Å². The van der Waals surface area contributed by atoms with Gasteiger partial charge < -0.3 is 9.30 Å². The molecule has 2 aromatic heterocycles. The molecule has 0 saturated carbocycles. The van der Waals surface area contributed by atoms with Gasteiger partial charge in [-0.2, -0.15) is 0 Å². The Morgan fingerprint density at radius 2 is 1.90 bits per heavy atom. The Labute approximate surface area is 180 Å². The van der Waals surface area contributed by atoms with E-state index in [4.69, 9.17) is 4.74 Å². The normalized spacial score (nSPS) is 16.6. The summed E-state index contributed by atoms with van der Waals surface area (Å²) in [5, 5.41) is 0.814. The Balaban J connectivity index is 1.42. The number of rotatable bonds is 6. The molecular formula is C22H25F2N3O3S. The average Bonchev–Trinajstić information content (AvgIpc) is 3.12. The summed E-state index contributed by atoms with van der Waals surface area (Å²) in [5.41, 5.74) is 0.855. The third-order valence-electron chi connectivity index (χ3n) is 5.40. The van der Waals surface area contributed by atoms with Crippen LogP contribution in [-0.2, 0) is 9.84 Å². The molecule has 0 bridgehead atoms. The van der Waals surface area contributed by atoms with Crippen LogP contribution in [0.3, 0.4) is 0 Å². The first-order valence-electron chi connectivity index (χ1n) is 10.1. The molecule has 1 aliphatic heterocycles. The van der Waals surface area contributed by atoms with Gasteiger partial charge in [0.15, 0.2) is 9.84 Å². The molecule has 0 N–H and O–H groups in total. The van der Waals surface area contributed by atoms with Gasteiger partial charge in [0.2, 0.25) is 0 Å². The van der Waals surface area contributed by atoms with E-state index in [9.17, 15) is 17.2 Å². The third-order valence-corrected chi connectivity index (χ3v) is 6.51. The van der Waals surface area contributed by atoms with Crippen molar-refractivity contribution in [1.82, 2.24) is 14.5 Å². The summed E-state index contributed by atoms with van der Waals surface area (Å²) in [6.07, 6.45) is 6.06. The Morgan fingerprint density at radius 3 is 2.52 bits per heavy atom. The second-order valence-electron chi connectivity index (χ2n) is 8.19. The van der Waals surface area contributed by atoms with Crippen LogP contribution in [0, 0.1) is 0 Å². The summed E-state index contributed by atoms with van der Waals surface area (Å²) in [7, 11) is -3.26. The maximum Gasteiger partial charge on any atom is 0.257 e. The Morgan fingerprint density at radius 1 is 1.16 bits per heavy atom. The number of pyridine rings is 1. The standard InChI is InChI=1S/C22H25F2N3O3S/c1-22(23,24)15-26-10-8-17(9-11-26)30-18-3-6-21(25-14-18)27-12-7-16-13-19(31(2,28)29)4-5-20(16)27/h3-7,12-14,17H,8-11,15H2,1-2H3. The number of halogens is 2. The van der Waals surface area contributed by atoms with Crippen LogP contribution < -0.4 is 4.74 Å². The van der Waals surface area contributed by atoms with Crippen molar-refractivity contribution < 1.29 is 21.9 Å². The summed E-state index contributed by atoms with van der Waals surface area (Å²) in [5.74, 6) is -1.35. The number of piperidine rings is 1. The lowest BCUT2D eigenvalue weighted by atomic mass is 10.1. The number of aromatic nitrogens is 2. The van der Waals surface area contributed by atoms with Gasteiger partial charge in [0.05, 0.1) is 23.2 Å². The minimum absolute atomic E-state index is 0.0174. The fourth-order valence-corrected chi connectivity index (χ4v) is 4.56. The zero-order chi connectivity index (χ0) is 22.2. The molecule has 4 rings (SSSR count). The molecule has 31 heavy (non-hydrogen) atoms. The van der Waals surface area contributed by atoms with E-state index in [1.807, 2.05) is 29.0 Å². The average molecular weight is 450 g/mol. The lowest BCUT2D eigenvalue weighted by Gasteiger charge is -2.33. The minimum Gasteiger partial charge on any atom is -0.489 e. The van der Waals surface area contributed by atoms with E-state index < -0.39 is 15.8 Å². The van der Waals surface area contributed by atoms with Crippen molar-refractivity contribution in [3.05, 3.63) is 48.8 Å². The van der Waals surface area contributed by atoms with Crippen LogP contribution in [0.25, 0.3) is 16.7 Å². The lowest BCUT2D eigenvalue weighted by molar-refractivity contribution is -0.0274. The molecule has 0 radical (unpaired) electrons. The highest BCUT2D eigenvalue weighted by molar-refractivity contribution is 7.90. The summed E-state index contributed by atoms with van der Waals surface area (Å²) in [6, 6.07) is 10.5. The summed E-state index contributed by atoms with van der Waals surface area (Å²) in [6.45, 7) is 1.91. The van der Waals surface area contributed by atoms with E-state index in [0.717, 1.165) is 17.8 Å². The highest BCUT2D eigenvalue weighted by atomic mass is 32.2. The van der Waals surface area contributed by atoms with Crippen LogP contribution in [0.2, 0.25) is 0 Å². The summed E-state index contributed by atoms with van der Waals surface area (Å²) in [4.78, 5) is 6.53. The Kier molecular flexibility index (Phi) is 5.74. The molecule has 0 atom stereocenters. The van der Waals surface area contributed by atoms with Crippen LogP contribution in [0.5, 0.6) is 5.75 Å². The number of fused-ring (bicyclic) bond motifs is 1. The fourth-order valence-electron chi connectivity index (χ4n) is 3.91. The minimum atomic E-state index is -3.26. The quantitative estimate of drug-likeness (QED) is 0.571. The number of benzene rings is 1. The molecule has 3 aromatic rings. The summed E-state index contributed by atoms with van der Waals surface area (Å²) >= 11 is 0. The highest BCUT2D eigenvalue weighted by Gasteiger charge is 2.28. The van der Waals surface area contributed by atoms with E-state index in [1.165, 1.54) is 6.26 Å². The van der Waals surface area contributed by atoms with Crippen molar-refractivity contribution in [2.75, 3.05) is 25.9 Å². The van der Waals surface area contributed by atoms with Gasteiger partial charge >= 0.3 is 0 Å². The van der Waals surface area contributed by atoms with Crippen molar-refractivity contribution in [2.24, 2.45) is 0 Å². The van der Waals surface area contributed by atoms with Gasteiger partial charge in [0.25, 0.3) is 5.92 Å². The molecular weight excluding hydrogens is 424 g/mol. The van der Waals surface area contributed by atoms with E-state index in [2.05, 4.69) is 4.98 Å². The number of likely N-dealkylation sites (tertiary alicyclic amines) is 1. The number of sulfone groups is 1. The molecule has 0 unspecified atom stereocenters. The predicted octanol–water partition coefficient (Wildman–Crippen LogP) is 3.93. The first kappa shape index (κ1) is 21.7.